The van der Waals surface area contributed by atoms with Crippen molar-refractivity contribution >= 4 is 0 Å². The Morgan fingerprint density at radius 3 is 2.70 bits per heavy atom. The summed E-state index contributed by atoms with van der Waals surface area (Å²) in [5.41, 5.74) is 6.74. The summed E-state index contributed by atoms with van der Waals surface area (Å²) in [7, 11) is 0. The molecule has 1 aromatic rings. The van der Waals surface area contributed by atoms with Crippen molar-refractivity contribution in [1.82, 2.24) is 0 Å². The van der Waals surface area contributed by atoms with E-state index < -0.39 is 6.04 Å². The van der Waals surface area contributed by atoms with Crippen molar-refractivity contribution in [3.63, 3.8) is 0 Å². The second-order valence-electron chi connectivity index (χ2n) is 5.14. The van der Waals surface area contributed by atoms with Gasteiger partial charge in [0.15, 0.2) is 6.29 Å². The van der Waals surface area contributed by atoms with Crippen LogP contribution < -0.4 is 5.73 Å². The Morgan fingerprint density at radius 2 is 2.10 bits per heavy atom. The zero-order valence-electron chi connectivity index (χ0n) is 11.9. The van der Waals surface area contributed by atoms with Crippen LogP contribution in [0.2, 0.25) is 0 Å². The predicted molar refractivity (Wildman–Crippen MR) is 75.1 cm³/mol. The van der Waals surface area contributed by atoms with E-state index in [-0.39, 0.29) is 31.2 Å². The Kier molecular flexibility index (Phi) is 5.51. The third kappa shape index (κ3) is 3.77. The van der Waals surface area contributed by atoms with Gasteiger partial charge in [0.05, 0.1) is 31.5 Å². The van der Waals surface area contributed by atoms with Crippen molar-refractivity contribution in [3.8, 4) is 0 Å². The van der Waals surface area contributed by atoms with Crippen molar-refractivity contribution in [2.75, 3.05) is 13.2 Å². The number of aliphatic hydroxyl groups excluding tert-OH is 1. The van der Waals surface area contributed by atoms with Gasteiger partial charge in [0, 0.05) is 5.56 Å². The molecule has 0 aromatic heterocycles. The molecule has 1 heterocycles. The molecule has 3 unspecified atom stereocenters. The fourth-order valence-corrected chi connectivity index (χ4v) is 2.10. The maximum absolute atomic E-state index is 9.02. The normalized spacial score (nSPS) is 29.9. The lowest BCUT2D eigenvalue weighted by Gasteiger charge is -2.36. The topological polar surface area (TPSA) is 73.9 Å². The largest absolute Gasteiger partial charge is 0.395 e. The molecule has 1 saturated heterocycles. The van der Waals surface area contributed by atoms with Crippen LogP contribution in [0.15, 0.2) is 30.3 Å². The molecule has 1 fully saturated rings. The minimum absolute atomic E-state index is 0.0951. The number of rotatable bonds is 5. The van der Waals surface area contributed by atoms with Gasteiger partial charge < -0.3 is 25.1 Å². The second kappa shape index (κ2) is 7.15. The molecule has 0 bridgehead atoms. The third-order valence-electron chi connectivity index (χ3n) is 3.55. The summed E-state index contributed by atoms with van der Waals surface area (Å²) in [6.07, 6.45) is -0.870. The number of benzene rings is 1. The molecule has 0 amide bonds. The number of nitrogens with two attached hydrogens (primary N) is 1. The van der Waals surface area contributed by atoms with E-state index in [0.717, 1.165) is 5.56 Å². The lowest BCUT2D eigenvalue weighted by Crippen LogP contribution is -2.46. The first-order valence-electron chi connectivity index (χ1n) is 6.95. The number of aliphatic hydroxyl groups is 1. The third-order valence-corrected chi connectivity index (χ3v) is 3.55. The van der Waals surface area contributed by atoms with Crippen molar-refractivity contribution < 1.29 is 19.3 Å². The lowest BCUT2D eigenvalue weighted by molar-refractivity contribution is -0.268. The summed E-state index contributed by atoms with van der Waals surface area (Å²) in [6, 6.07) is 9.43. The van der Waals surface area contributed by atoms with Gasteiger partial charge in [0.1, 0.15) is 6.10 Å². The van der Waals surface area contributed by atoms with E-state index in [4.69, 9.17) is 25.1 Å². The average molecular weight is 281 g/mol. The fraction of sp³-hybridized carbons (Fsp3) is 0.600. The minimum Gasteiger partial charge on any atom is -0.395 e. The standard InChI is InChI=1S/C15H23NO4/c1-10(13(16)8-17)19-14-9-18-15(20-11(14)2)12-6-4-3-5-7-12/h3-7,10-11,13-15,17H,8-9,16H2,1-2H3/t10?,11-,13-,14?,15?/m0/s1. The maximum atomic E-state index is 9.02. The highest BCUT2D eigenvalue weighted by molar-refractivity contribution is 5.16. The molecule has 0 radical (unpaired) electrons. The van der Waals surface area contributed by atoms with Crippen LogP contribution in [0, 0.1) is 0 Å². The summed E-state index contributed by atoms with van der Waals surface area (Å²) < 4.78 is 17.4. The molecule has 20 heavy (non-hydrogen) atoms. The Hall–Kier alpha value is -0.980. The summed E-state index contributed by atoms with van der Waals surface area (Å²) in [4.78, 5) is 0. The summed E-state index contributed by atoms with van der Waals surface area (Å²) in [5.74, 6) is 0. The predicted octanol–water partition coefficient (Wildman–Crippen LogP) is 1.21. The SMILES string of the molecule is CC(OC1COC(c2ccccc2)O[C@H]1C)[C@@H](N)CO. The van der Waals surface area contributed by atoms with Gasteiger partial charge in [-0.2, -0.15) is 0 Å². The smallest absolute Gasteiger partial charge is 0.184 e. The molecule has 5 atom stereocenters. The first-order valence-corrected chi connectivity index (χ1v) is 6.95. The Bertz CT molecular complexity index is 400. The quantitative estimate of drug-likeness (QED) is 0.848. The maximum Gasteiger partial charge on any atom is 0.184 e. The van der Waals surface area contributed by atoms with E-state index in [1.165, 1.54) is 0 Å². The van der Waals surface area contributed by atoms with E-state index in [2.05, 4.69) is 0 Å². The van der Waals surface area contributed by atoms with Crippen LogP contribution in [0.5, 0.6) is 0 Å². The molecule has 112 valence electrons. The minimum atomic E-state index is -0.394. The highest BCUT2D eigenvalue weighted by Crippen LogP contribution is 2.27. The molecule has 0 saturated carbocycles. The monoisotopic (exact) mass is 281 g/mol. The zero-order valence-corrected chi connectivity index (χ0v) is 11.9. The second-order valence-corrected chi connectivity index (χ2v) is 5.14. The van der Waals surface area contributed by atoms with Gasteiger partial charge in [0.2, 0.25) is 0 Å². The lowest BCUT2D eigenvalue weighted by atomic mass is 10.1. The van der Waals surface area contributed by atoms with Gasteiger partial charge >= 0.3 is 0 Å². The number of hydrogen-bond donors (Lipinski definition) is 2. The molecular weight excluding hydrogens is 258 g/mol. The molecule has 3 N–H and O–H groups in total. The van der Waals surface area contributed by atoms with Crippen LogP contribution in [0.3, 0.4) is 0 Å². The summed E-state index contributed by atoms with van der Waals surface area (Å²) >= 11 is 0. The fourth-order valence-electron chi connectivity index (χ4n) is 2.10. The summed E-state index contributed by atoms with van der Waals surface area (Å²) in [6.45, 7) is 4.15. The molecule has 1 aliphatic rings. The van der Waals surface area contributed by atoms with Gasteiger partial charge in [-0.3, -0.25) is 0 Å². The molecule has 1 aliphatic heterocycles. The van der Waals surface area contributed by atoms with Crippen molar-refractivity contribution in [1.29, 1.82) is 0 Å². The first-order chi connectivity index (χ1) is 9.61. The van der Waals surface area contributed by atoms with Crippen molar-refractivity contribution in [2.24, 2.45) is 5.73 Å². The van der Waals surface area contributed by atoms with Gasteiger partial charge in [-0.25, -0.2) is 0 Å². The van der Waals surface area contributed by atoms with Crippen LogP contribution in [0.4, 0.5) is 0 Å². The highest BCUT2D eigenvalue weighted by Gasteiger charge is 2.32. The van der Waals surface area contributed by atoms with Gasteiger partial charge in [-0.1, -0.05) is 30.3 Å². The average Bonchev–Trinajstić information content (AvgIpc) is 2.49. The first kappa shape index (κ1) is 15.4. The van der Waals surface area contributed by atoms with Crippen LogP contribution in [0.25, 0.3) is 0 Å². The molecule has 5 heteroatoms. The van der Waals surface area contributed by atoms with Gasteiger partial charge in [-0.05, 0) is 13.8 Å². The van der Waals surface area contributed by atoms with E-state index >= 15 is 0 Å². The Labute approximate surface area is 119 Å². The Balaban J connectivity index is 1.89. The Morgan fingerprint density at radius 1 is 1.40 bits per heavy atom. The highest BCUT2D eigenvalue weighted by atomic mass is 16.7. The van der Waals surface area contributed by atoms with Crippen LogP contribution in [0.1, 0.15) is 25.7 Å². The number of ether oxygens (including phenoxy) is 3. The molecular formula is C15H23NO4. The van der Waals surface area contributed by atoms with E-state index in [1.54, 1.807) is 0 Å². The molecule has 0 aliphatic carbocycles. The zero-order chi connectivity index (χ0) is 14.5. The molecule has 5 nitrogen and oxygen atoms in total. The van der Waals surface area contributed by atoms with Gasteiger partial charge in [0.25, 0.3) is 0 Å². The van der Waals surface area contributed by atoms with Crippen molar-refractivity contribution in [2.45, 2.75) is 44.5 Å². The number of hydrogen-bond acceptors (Lipinski definition) is 5. The van der Waals surface area contributed by atoms with Crippen LogP contribution in [-0.2, 0) is 14.2 Å². The molecule has 2 rings (SSSR count). The van der Waals surface area contributed by atoms with Gasteiger partial charge in [-0.15, -0.1) is 0 Å². The molecule has 0 spiro atoms. The summed E-state index contributed by atoms with van der Waals surface area (Å²) in [5, 5.41) is 9.02. The molecule has 1 aromatic carbocycles. The van der Waals surface area contributed by atoms with Crippen molar-refractivity contribution in [3.05, 3.63) is 35.9 Å². The van der Waals surface area contributed by atoms with Crippen LogP contribution >= 0.6 is 0 Å². The van der Waals surface area contributed by atoms with Crippen LogP contribution in [-0.4, -0.2) is 42.7 Å². The van der Waals surface area contributed by atoms with E-state index in [9.17, 15) is 0 Å². The van der Waals surface area contributed by atoms with E-state index in [1.807, 2.05) is 44.2 Å². The van der Waals surface area contributed by atoms with E-state index in [0.29, 0.717) is 6.61 Å².